The summed E-state index contributed by atoms with van der Waals surface area (Å²) in [4.78, 5) is 36.9. The molecule has 3 rings (SSSR count). The van der Waals surface area contributed by atoms with Crippen LogP contribution >= 0.6 is 0 Å². The second-order valence-electron chi connectivity index (χ2n) is 5.77. The lowest BCUT2D eigenvalue weighted by molar-refractivity contribution is 0.0970. The molecule has 26 heavy (non-hydrogen) atoms. The van der Waals surface area contributed by atoms with E-state index in [2.05, 4.69) is 0 Å². The number of nitrogens with zero attached hydrogens (tertiary/aromatic N) is 2. The largest absolute Gasteiger partial charge is 0.320 e. The fourth-order valence-corrected chi connectivity index (χ4v) is 2.55. The SMILES string of the molecule is Cc1ccc(F)cc1-n1ccn(CC(=O)c2ccc(F)cc2)c(=O)c1=O. The van der Waals surface area contributed by atoms with Crippen molar-refractivity contribution in [3.63, 3.8) is 0 Å². The van der Waals surface area contributed by atoms with Crippen molar-refractivity contribution in [3.05, 3.63) is 98.3 Å². The highest BCUT2D eigenvalue weighted by molar-refractivity contribution is 5.95. The second-order valence-corrected chi connectivity index (χ2v) is 5.77. The Morgan fingerprint density at radius 3 is 2.27 bits per heavy atom. The summed E-state index contributed by atoms with van der Waals surface area (Å²) in [5.41, 5.74) is -0.708. The van der Waals surface area contributed by atoms with Gasteiger partial charge in [-0.05, 0) is 48.9 Å². The Hall–Kier alpha value is -3.35. The molecule has 0 saturated heterocycles. The van der Waals surface area contributed by atoms with Gasteiger partial charge in [-0.2, -0.15) is 0 Å². The van der Waals surface area contributed by atoms with E-state index in [-0.39, 0.29) is 17.8 Å². The van der Waals surface area contributed by atoms with Gasteiger partial charge in [0.2, 0.25) is 0 Å². The predicted molar refractivity (Wildman–Crippen MR) is 91.7 cm³/mol. The van der Waals surface area contributed by atoms with Crippen LogP contribution in [0.5, 0.6) is 0 Å². The molecule has 0 atom stereocenters. The Kier molecular flexibility index (Phi) is 4.62. The molecule has 0 aliphatic heterocycles. The summed E-state index contributed by atoms with van der Waals surface area (Å²) in [6, 6.07) is 8.80. The number of rotatable bonds is 4. The third-order valence-corrected chi connectivity index (χ3v) is 3.97. The second kappa shape index (κ2) is 6.87. The van der Waals surface area contributed by atoms with Crippen molar-refractivity contribution in [2.24, 2.45) is 0 Å². The molecule has 7 heteroatoms. The molecule has 0 aliphatic carbocycles. The lowest BCUT2D eigenvalue weighted by Gasteiger charge is -2.11. The van der Waals surface area contributed by atoms with Crippen LogP contribution < -0.4 is 11.1 Å². The number of hydrogen-bond acceptors (Lipinski definition) is 3. The zero-order valence-corrected chi connectivity index (χ0v) is 13.8. The topological polar surface area (TPSA) is 61.1 Å². The third kappa shape index (κ3) is 3.37. The van der Waals surface area contributed by atoms with Crippen LogP contribution in [0.4, 0.5) is 8.78 Å². The maximum absolute atomic E-state index is 13.5. The fraction of sp³-hybridized carbons (Fsp3) is 0.105. The van der Waals surface area contributed by atoms with Crippen LogP contribution in [0.2, 0.25) is 0 Å². The number of carbonyl (C=O) groups excluding carboxylic acids is 1. The summed E-state index contributed by atoms with van der Waals surface area (Å²) in [6.07, 6.45) is 2.60. The smallest absolute Gasteiger partial charge is 0.301 e. The van der Waals surface area contributed by atoms with Crippen LogP contribution in [0, 0.1) is 18.6 Å². The van der Waals surface area contributed by atoms with Crippen molar-refractivity contribution in [2.75, 3.05) is 0 Å². The highest BCUT2D eigenvalue weighted by Gasteiger charge is 2.13. The van der Waals surface area contributed by atoms with E-state index in [1.54, 1.807) is 6.92 Å². The highest BCUT2D eigenvalue weighted by Crippen LogP contribution is 2.13. The summed E-state index contributed by atoms with van der Waals surface area (Å²) < 4.78 is 28.4. The number of ketones is 1. The molecule has 2 aromatic carbocycles. The van der Waals surface area contributed by atoms with Gasteiger partial charge in [-0.1, -0.05) is 6.07 Å². The Balaban J connectivity index is 1.96. The summed E-state index contributed by atoms with van der Waals surface area (Å²) in [5, 5.41) is 0. The standard InChI is InChI=1S/C19H14F2N2O3/c1-12-2-5-15(21)10-16(12)23-9-8-22(18(25)19(23)26)11-17(24)13-3-6-14(20)7-4-13/h2-10H,11H2,1H3. The van der Waals surface area contributed by atoms with Gasteiger partial charge in [-0.25, -0.2) is 8.78 Å². The van der Waals surface area contributed by atoms with Crippen LogP contribution in [0.3, 0.4) is 0 Å². The number of aromatic nitrogens is 2. The Morgan fingerprint density at radius 2 is 1.58 bits per heavy atom. The van der Waals surface area contributed by atoms with Crippen LogP contribution in [0.15, 0.2) is 64.4 Å². The summed E-state index contributed by atoms with van der Waals surface area (Å²) >= 11 is 0. The number of halogens is 2. The van der Waals surface area contributed by atoms with E-state index in [9.17, 15) is 23.2 Å². The molecule has 0 spiro atoms. The molecular formula is C19H14F2N2O3. The first-order chi connectivity index (χ1) is 12.4. The normalized spacial score (nSPS) is 10.7. The van der Waals surface area contributed by atoms with E-state index in [4.69, 9.17) is 0 Å². The van der Waals surface area contributed by atoms with E-state index < -0.39 is 28.5 Å². The number of benzene rings is 2. The highest BCUT2D eigenvalue weighted by atomic mass is 19.1. The molecular weight excluding hydrogens is 342 g/mol. The van der Waals surface area contributed by atoms with Crippen LogP contribution in [0.25, 0.3) is 5.69 Å². The molecule has 0 unspecified atom stereocenters. The van der Waals surface area contributed by atoms with Gasteiger partial charge in [0.15, 0.2) is 5.78 Å². The zero-order valence-electron chi connectivity index (χ0n) is 13.8. The number of Topliss-reactive ketones (excluding diaryl/α,β-unsaturated/α-hetero) is 1. The predicted octanol–water partition coefficient (Wildman–Crippen LogP) is 2.47. The van der Waals surface area contributed by atoms with Gasteiger partial charge in [-0.15, -0.1) is 0 Å². The minimum Gasteiger partial charge on any atom is -0.301 e. The number of aryl methyl sites for hydroxylation is 1. The Morgan fingerprint density at radius 1 is 0.923 bits per heavy atom. The molecule has 0 fully saturated rings. The minimum absolute atomic E-state index is 0.225. The minimum atomic E-state index is -0.911. The molecule has 132 valence electrons. The summed E-state index contributed by atoms with van der Waals surface area (Å²) in [5.74, 6) is -1.45. The molecule has 0 aliphatic rings. The van der Waals surface area contributed by atoms with Gasteiger partial charge in [0.25, 0.3) is 0 Å². The maximum atomic E-state index is 13.5. The third-order valence-electron chi connectivity index (χ3n) is 3.97. The molecule has 3 aromatic rings. The van der Waals surface area contributed by atoms with Crippen molar-refractivity contribution in [1.82, 2.24) is 9.13 Å². The molecule has 0 bridgehead atoms. The lowest BCUT2D eigenvalue weighted by Crippen LogP contribution is -2.41. The molecule has 0 saturated carbocycles. The average Bonchev–Trinajstić information content (AvgIpc) is 2.62. The van der Waals surface area contributed by atoms with Crippen molar-refractivity contribution >= 4 is 5.78 Å². The Labute approximate surface area is 146 Å². The summed E-state index contributed by atoms with van der Waals surface area (Å²) in [7, 11) is 0. The van der Waals surface area contributed by atoms with E-state index in [0.717, 1.165) is 27.3 Å². The van der Waals surface area contributed by atoms with Crippen LogP contribution in [0.1, 0.15) is 15.9 Å². The van der Waals surface area contributed by atoms with Gasteiger partial charge in [-0.3, -0.25) is 19.0 Å². The fourth-order valence-electron chi connectivity index (χ4n) is 2.55. The Bertz CT molecular complexity index is 1100. The van der Waals surface area contributed by atoms with Crippen molar-refractivity contribution < 1.29 is 13.6 Å². The zero-order chi connectivity index (χ0) is 18.8. The monoisotopic (exact) mass is 356 g/mol. The van der Waals surface area contributed by atoms with E-state index in [0.29, 0.717) is 5.56 Å². The summed E-state index contributed by atoms with van der Waals surface area (Å²) in [6.45, 7) is 1.33. The van der Waals surface area contributed by atoms with Gasteiger partial charge >= 0.3 is 11.1 Å². The molecule has 0 radical (unpaired) electrons. The van der Waals surface area contributed by atoms with Gasteiger partial charge in [0.1, 0.15) is 11.6 Å². The first kappa shape index (κ1) is 17.5. The van der Waals surface area contributed by atoms with Crippen molar-refractivity contribution in [1.29, 1.82) is 0 Å². The van der Waals surface area contributed by atoms with Crippen LogP contribution in [-0.4, -0.2) is 14.9 Å². The van der Waals surface area contributed by atoms with Gasteiger partial charge < -0.3 is 4.57 Å². The number of carbonyl (C=O) groups is 1. The van der Waals surface area contributed by atoms with Crippen LogP contribution in [-0.2, 0) is 6.54 Å². The molecule has 0 amide bonds. The first-order valence-corrected chi connectivity index (χ1v) is 7.74. The maximum Gasteiger partial charge on any atom is 0.320 e. The molecule has 0 N–H and O–H groups in total. The average molecular weight is 356 g/mol. The quantitative estimate of drug-likeness (QED) is 0.533. The van der Waals surface area contributed by atoms with E-state index in [1.807, 2.05) is 0 Å². The lowest BCUT2D eigenvalue weighted by atomic mass is 10.1. The van der Waals surface area contributed by atoms with Gasteiger partial charge in [0, 0.05) is 18.0 Å². The van der Waals surface area contributed by atoms with Crippen molar-refractivity contribution in [3.8, 4) is 5.69 Å². The molecule has 5 nitrogen and oxygen atoms in total. The van der Waals surface area contributed by atoms with E-state index in [1.165, 1.54) is 36.7 Å². The van der Waals surface area contributed by atoms with Crippen molar-refractivity contribution in [2.45, 2.75) is 13.5 Å². The van der Waals surface area contributed by atoms with E-state index >= 15 is 0 Å². The molecule has 1 aromatic heterocycles. The molecule has 1 heterocycles. The van der Waals surface area contributed by atoms with Gasteiger partial charge in [0.05, 0.1) is 12.2 Å². The number of hydrogen-bond donors (Lipinski definition) is 0. The first-order valence-electron chi connectivity index (χ1n) is 7.74.